The molecule has 6 nitrogen and oxygen atoms in total. The Bertz CT molecular complexity index is 1130. The first kappa shape index (κ1) is 22.0. The van der Waals surface area contributed by atoms with Crippen LogP contribution in [0.2, 0.25) is 0 Å². The Kier molecular flexibility index (Phi) is 5.85. The summed E-state index contributed by atoms with van der Waals surface area (Å²) in [5.74, 6) is 1.29. The zero-order valence-electron chi connectivity index (χ0n) is 22.4. The van der Waals surface area contributed by atoms with Gasteiger partial charge in [-0.3, -0.25) is 4.98 Å². The summed E-state index contributed by atoms with van der Waals surface area (Å²) in [5, 5.41) is 11.8. The fourth-order valence-corrected chi connectivity index (χ4v) is 5.81. The molecule has 2 aliphatic heterocycles. The number of nitrogens with zero attached hydrogens (tertiary/aromatic N) is 4. The lowest BCUT2D eigenvalue weighted by Gasteiger charge is -2.40. The minimum atomic E-state index is -4.50. The highest BCUT2D eigenvalue weighted by molar-refractivity contribution is 5.65. The van der Waals surface area contributed by atoms with Crippen molar-refractivity contribution >= 4 is 5.82 Å². The van der Waals surface area contributed by atoms with Crippen LogP contribution in [0.3, 0.4) is 0 Å². The van der Waals surface area contributed by atoms with Gasteiger partial charge in [-0.1, -0.05) is 13.8 Å². The van der Waals surface area contributed by atoms with Crippen molar-refractivity contribution in [1.82, 2.24) is 20.1 Å². The van der Waals surface area contributed by atoms with Crippen molar-refractivity contribution < 1.29 is 20.6 Å². The molecule has 4 atom stereocenters. The van der Waals surface area contributed by atoms with Gasteiger partial charge in [0, 0.05) is 52.9 Å². The van der Waals surface area contributed by atoms with Gasteiger partial charge in [0.2, 0.25) is 0 Å². The summed E-state index contributed by atoms with van der Waals surface area (Å²) < 4.78 is 63.9. The van der Waals surface area contributed by atoms with E-state index in [-0.39, 0.29) is 28.6 Å². The van der Waals surface area contributed by atoms with E-state index in [1.807, 2.05) is 11.8 Å². The van der Waals surface area contributed by atoms with E-state index < -0.39 is 18.2 Å². The average molecular weight is 492 g/mol. The number of halogens is 3. The number of alkyl halides is 3. The van der Waals surface area contributed by atoms with E-state index >= 15 is 0 Å². The molecule has 1 N–H and O–H groups in total. The molecule has 2 aromatic heterocycles. The maximum atomic E-state index is 13.4. The Labute approximate surface area is 207 Å². The predicted molar refractivity (Wildman–Crippen MR) is 128 cm³/mol. The van der Waals surface area contributed by atoms with E-state index in [1.165, 1.54) is 6.20 Å². The van der Waals surface area contributed by atoms with Crippen LogP contribution in [-0.4, -0.2) is 58.9 Å². The lowest BCUT2D eigenvalue weighted by atomic mass is 9.76. The maximum Gasteiger partial charge on any atom is 0.417 e. The highest BCUT2D eigenvalue weighted by atomic mass is 19.4. The van der Waals surface area contributed by atoms with Crippen molar-refractivity contribution in [3.63, 3.8) is 0 Å². The summed E-state index contributed by atoms with van der Waals surface area (Å²) in [6.07, 6.45) is 0.320. The third kappa shape index (κ3) is 5.16. The number of anilines is 1. The zero-order chi connectivity index (χ0) is 26.6. The van der Waals surface area contributed by atoms with E-state index in [9.17, 15) is 13.2 Å². The van der Waals surface area contributed by atoms with Gasteiger partial charge in [-0.2, -0.15) is 13.2 Å². The second kappa shape index (κ2) is 9.32. The summed E-state index contributed by atoms with van der Waals surface area (Å²) in [5.41, 5.74) is -0.217. The molecule has 2 saturated heterocycles. The Hall–Kier alpha value is -2.26. The van der Waals surface area contributed by atoms with E-state index in [4.69, 9.17) is 7.48 Å². The highest BCUT2D eigenvalue weighted by Gasteiger charge is 2.43. The number of fused-ring (bicyclic) bond motifs is 1. The van der Waals surface area contributed by atoms with Crippen LogP contribution in [0.4, 0.5) is 19.0 Å². The molecule has 1 saturated carbocycles. The Balaban J connectivity index is 1.23. The minimum absolute atomic E-state index is 0.0735. The molecule has 0 radical (unpaired) electrons. The smallest absolute Gasteiger partial charge is 0.381 e. The van der Waals surface area contributed by atoms with E-state index in [1.54, 1.807) is 6.07 Å². The van der Waals surface area contributed by atoms with E-state index in [0.717, 1.165) is 50.2 Å². The van der Waals surface area contributed by atoms with Gasteiger partial charge in [-0.05, 0) is 67.1 Å². The van der Waals surface area contributed by atoms with Crippen LogP contribution < -0.4 is 5.32 Å². The molecule has 0 amide bonds. The third-order valence-electron chi connectivity index (χ3n) is 7.79. The van der Waals surface area contributed by atoms with Crippen molar-refractivity contribution in [2.24, 2.45) is 23.2 Å². The number of hydrogen-bond acceptors (Lipinski definition) is 6. The lowest BCUT2D eigenvalue weighted by Crippen LogP contribution is -2.42. The second-order valence-electron chi connectivity index (χ2n) is 10.9. The van der Waals surface area contributed by atoms with Gasteiger partial charge < -0.3 is 15.0 Å². The SMILES string of the molecule is [2H]C([2H])(C1CCOCC1(C)C)N1C[C@H]2CC(Nc3nnc(-c4cnccc4C(F)(F)F)cc3C)C[C@H]2C1. The molecule has 4 heterocycles. The zero-order valence-corrected chi connectivity index (χ0v) is 20.4. The van der Waals surface area contributed by atoms with E-state index in [2.05, 4.69) is 34.3 Å². The van der Waals surface area contributed by atoms with Gasteiger partial charge in [0.25, 0.3) is 0 Å². The number of ether oxygens (including phenoxy) is 1. The highest BCUT2D eigenvalue weighted by Crippen LogP contribution is 2.42. The molecule has 2 aromatic rings. The molecule has 3 fully saturated rings. The topological polar surface area (TPSA) is 63.2 Å². The van der Waals surface area contributed by atoms with Gasteiger partial charge in [0.1, 0.15) is 0 Å². The lowest BCUT2D eigenvalue weighted by molar-refractivity contribution is -0.137. The summed E-state index contributed by atoms with van der Waals surface area (Å²) in [6.45, 7) is 7.28. The number of hydrogen-bond donors (Lipinski definition) is 1. The summed E-state index contributed by atoms with van der Waals surface area (Å²) in [6, 6.07) is 2.74. The third-order valence-corrected chi connectivity index (χ3v) is 7.79. The number of aryl methyl sites for hydroxylation is 1. The molecular formula is C26H34F3N5O. The molecule has 1 aliphatic carbocycles. The Morgan fingerprint density at radius 3 is 2.63 bits per heavy atom. The van der Waals surface area contributed by atoms with Crippen molar-refractivity contribution in [2.45, 2.75) is 52.3 Å². The van der Waals surface area contributed by atoms with Gasteiger partial charge in [0.05, 0.1) is 17.9 Å². The van der Waals surface area contributed by atoms with Crippen LogP contribution in [0.15, 0.2) is 24.5 Å². The Morgan fingerprint density at radius 2 is 1.97 bits per heavy atom. The van der Waals surface area contributed by atoms with Gasteiger partial charge in [-0.25, -0.2) is 0 Å². The van der Waals surface area contributed by atoms with Crippen LogP contribution in [0.5, 0.6) is 0 Å². The molecule has 2 unspecified atom stereocenters. The first-order chi connectivity index (χ1) is 17.4. The van der Waals surface area contributed by atoms with Crippen LogP contribution in [0.1, 0.15) is 47.0 Å². The normalized spacial score (nSPS) is 30.0. The summed E-state index contributed by atoms with van der Waals surface area (Å²) in [4.78, 5) is 5.89. The fraction of sp³-hybridized carbons (Fsp3) is 0.654. The quantitative estimate of drug-likeness (QED) is 0.632. The molecule has 0 spiro atoms. The standard InChI is InChI=1S/C26H34F3N5O/c1-16-8-23(21-11-30-6-4-22(21)26(27,28)29)32-33-24(16)31-20-9-17-12-34(13-18(17)10-20)14-19-5-7-35-15-25(19,2)3/h4,6,8,11,17-20H,5,7,9-10,12-15H2,1-3H3,(H,31,33)/t17-,18+,19?,20?/i14D2. The molecule has 35 heavy (non-hydrogen) atoms. The molecule has 3 aliphatic rings. The molecule has 0 aromatic carbocycles. The molecule has 0 bridgehead atoms. The first-order valence-electron chi connectivity index (χ1n) is 13.3. The number of aromatic nitrogens is 3. The van der Waals surface area contributed by atoms with Gasteiger partial charge in [0.15, 0.2) is 5.82 Å². The van der Waals surface area contributed by atoms with Crippen LogP contribution in [-0.2, 0) is 10.9 Å². The van der Waals surface area contributed by atoms with Gasteiger partial charge in [-0.15, -0.1) is 10.2 Å². The maximum absolute atomic E-state index is 13.4. The molecule has 190 valence electrons. The average Bonchev–Trinajstić information content (AvgIpc) is 3.39. The van der Waals surface area contributed by atoms with Gasteiger partial charge >= 0.3 is 6.18 Å². The fourth-order valence-electron chi connectivity index (χ4n) is 5.81. The van der Waals surface area contributed by atoms with Crippen molar-refractivity contribution in [2.75, 3.05) is 38.1 Å². The molecular weight excluding hydrogens is 455 g/mol. The second-order valence-corrected chi connectivity index (χ2v) is 10.9. The van der Waals surface area contributed by atoms with Crippen molar-refractivity contribution in [3.8, 4) is 11.3 Å². The van der Waals surface area contributed by atoms with Crippen LogP contribution in [0.25, 0.3) is 11.3 Å². The Morgan fingerprint density at radius 1 is 1.23 bits per heavy atom. The van der Waals surface area contributed by atoms with Crippen molar-refractivity contribution in [3.05, 3.63) is 35.7 Å². The molecule has 5 rings (SSSR count). The molecule has 9 heteroatoms. The summed E-state index contributed by atoms with van der Waals surface area (Å²) in [7, 11) is 0. The number of pyridine rings is 1. The number of likely N-dealkylation sites (tertiary alicyclic amines) is 1. The first-order valence-corrected chi connectivity index (χ1v) is 12.3. The largest absolute Gasteiger partial charge is 0.417 e. The van der Waals surface area contributed by atoms with E-state index in [0.29, 0.717) is 30.9 Å². The number of rotatable bonds is 5. The predicted octanol–water partition coefficient (Wildman–Crippen LogP) is 5.05. The monoisotopic (exact) mass is 491 g/mol. The summed E-state index contributed by atoms with van der Waals surface area (Å²) >= 11 is 0. The minimum Gasteiger partial charge on any atom is -0.381 e. The van der Waals surface area contributed by atoms with Crippen molar-refractivity contribution in [1.29, 1.82) is 0 Å². The number of nitrogens with one attached hydrogen (secondary N) is 1. The van der Waals surface area contributed by atoms with Crippen LogP contribution >= 0.6 is 0 Å². The van der Waals surface area contributed by atoms with Crippen LogP contribution in [0, 0.1) is 30.1 Å².